The number of hydrogen-bond acceptors (Lipinski definition) is 6. The minimum Gasteiger partial charge on any atom is -0.444 e. The van der Waals surface area contributed by atoms with Crippen LogP contribution in [0, 0.1) is 0 Å². The minimum absolute atomic E-state index is 0.0100. The Balaban J connectivity index is 0.000000194. The second kappa shape index (κ2) is 7.79. The lowest BCUT2D eigenvalue weighted by Crippen LogP contribution is -2.37. The number of ether oxygens (including phenoxy) is 3. The van der Waals surface area contributed by atoms with E-state index in [1.165, 1.54) is 4.90 Å². The van der Waals surface area contributed by atoms with Crippen molar-refractivity contribution >= 4 is 12.2 Å². The standard InChI is InChI=1S/C9H16FNO3.C9H15NO3/c1-9(2,3)14-8(13)11-4-6(10)7(12)5-11;1-9(2,3)13-8(11)10-4-6-7(5-10)12-6/h6-7,12H,4-5H2,1-3H3;6-7H,4-5H2,1-3H3. The van der Waals surface area contributed by atoms with Gasteiger partial charge < -0.3 is 29.1 Å². The zero-order chi connectivity index (χ0) is 20.6. The molecule has 0 saturated carbocycles. The number of alkyl halides is 1. The Morgan fingerprint density at radius 1 is 0.889 bits per heavy atom. The van der Waals surface area contributed by atoms with Crippen LogP contribution in [0.3, 0.4) is 0 Å². The number of carbonyl (C=O) groups is 2. The van der Waals surface area contributed by atoms with Crippen LogP contribution >= 0.6 is 0 Å². The highest BCUT2D eigenvalue weighted by Gasteiger charge is 2.49. The number of carbonyl (C=O) groups excluding carboxylic acids is 2. The predicted octanol–water partition coefficient (Wildman–Crippen LogP) is 1.94. The van der Waals surface area contributed by atoms with Crippen LogP contribution in [-0.2, 0) is 14.2 Å². The van der Waals surface area contributed by atoms with Crippen molar-refractivity contribution in [2.45, 2.75) is 77.2 Å². The molecule has 3 saturated heterocycles. The summed E-state index contributed by atoms with van der Waals surface area (Å²) in [5, 5.41) is 9.09. The largest absolute Gasteiger partial charge is 0.444 e. The predicted molar refractivity (Wildman–Crippen MR) is 95.2 cm³/mol. The first-order chi connectivity index (χ1) is 12.2. The Morgan fingerprint density at radius 2 is 1.30 bits per heavy atom. The van der Waals surface area contributed by atoms with Gasteiger partial charge in [-0.25, -0.2) is 14.0 Å². The fourth-order valence-electron chi connectivity index (χ4n) is 2.71. The number of likely N-dealkylation sites (tertiary alicyclic amines) is 2. The van der Waals surface area contributed by atoms with Gasteiger partial charge in [0.15, 0.2) is 0 Å². The van der Waals surface area contributed by atoms with Gasteiger partial charge in [-0.05, 0) is 41.5 Å². The summed E-state index contributed by atoms with van der Waals surface area (Å²) in [5.41, 5.74) is -0.985. The normalized spacial score (nSPS) is 29.6. The Labute approximate surface area is 159 Å². The maximum absolute atomic E-state index is 12.9. The van der Waals surface area contributed by atoms with E-state index in [1.54, 1.807) is 25.7 Å². The van der Waals surface area contributed by atoms with Crippen molar-refractivity contribution in [3.8, 4) is 0 Å². The molecule has 0 aromatic rings. The highest BCUT2D eigenvalue weighted by Crippen LogP contribution is 2.31. The zero-order valence-corrected chi connectivity index (χ0v) is 16.9. The van der Waals surface area contributed by atoms with E-state index in [-0.39, 0.29) is 31.4 Å². The van der Waals surface area contributed by atoms with Crippen molar-refractivity contribution in [2.75, 3.05) is 26.2 Å². The van der Waals surface area contributed by atoms with E-state index >= 15 is 0 Å². The number of halogens is 1. The number of aliphatic hydroxyl groups is 1. The van der Waals surface area contributed by atoms with Crippen LogP contribution in [-0.4, -0.2) is 89.0 Å². The van der Waals surface area contributed by atoms with Crippen LogP contribution in [0.15, 0.2) is 0 Å². The van der Waals surface area contributed by atoms with Crippen LogP contribution in [0.25, 0.3) is 0 Å². The van der Waals surface area contributed by atoms with Crippen LogP contribution < -0.4 is 0 Å². The maximum Gasteiger partial charge on any atom is 0.410 e. The van der Waals surface area contributed by atoms with Crippen LogP contribution in [0.1, 0.15) is 41.5 Å². The summed E-state index contributed by atoms with van der Waals surface area (Å²) in [6, 6.07) is 0. The number of aliphatic hydroxyl groups excluding tert-OH is 1. The lowest BCUT2D eigenvalue weighted by Gasteiger charge is -2.24. The van der Waals surface area contributed by atoms with Crippen LogP contribution in [0.5, 0.6) is 0 Å². The van der Waals surface area contributed by atoms with Gasteiger partial charge in [0.05, 0.1) is 26.2 Å². The second-order valence-electron chi connectivity index (χ2n) is 9.07. The van der Waals surface area contributed by atoms with Gasteiger partial charge >= 0.3 is 12.2 Å². The van der Waals surface area contributed by atoms with E-state index in [4.69, 9.17) is 19.3 Å². The fourth-order valence-corrected chi connectivity index (χ4v) is 2.71. The van der Waals surface area contributed by atoms with Gasteiger partial charge in [0.2, 0.25) is 0 Å². The van der Waals surface area contributed by atoms with E-state index in [9.17, 15) is 14.0 Å². The number of fused-ring (bicyclic) bond motifs is 1. The average molecular weight is 390 g/mol. The van der Waals surface area contributed by atoms with Crippen molar-refractivity contribution in [1.82, 2.24) is 9.80 Å². The molecule has 0 aliphatic carbocycles. The monoisotopic (exact) mass is 390 g/mol. The molecule has 0 aromatic carbocycles. The smallest absolute Gasteiger partial charge is 0.410 e. The van der Waals surface area contributed by atoms with E-state index < -0.39 is 29.6 Å². The number of hydrogen-bond donors (Lipinski definition) is 1. The molecule has 3 rings (SSSR count). The molecular weight excluding hydrogens is 359 g/mol. The van der Waals surface area contributed by atoms with Crippen molar-refractivity contribution in [3.05, 3.63) is 0 Å². The molecule has 0 spiro atoms. The van der Waals surface area contributed by atoms with Gasteiger partial charge in [0, 0.05) is 0 Å². The van der Waals surface area contributed by atoms with Crippen molar-refractivity contribution in [2.24, 2.45) is 0 Å². The second-order valence-corrected chi connectivity index (χ2v) is 9.07. The topological polar surface area (TPSA) is 91.8 Å². The molecule has 0 bridgehead atoms. The first-order valence-corrected chi connectivity index (χ1v) is 9.18. The average Bonchev–Trinajstić information content (AvgIpc) is 2.92. The third-order valence-electron chi connectivity index (χ3n) is 4.01. The molecule has 1 N–H and O–H groups in total. The van der Waals surface area contributed by atoms with Gasteiger partial charge in [-0.3, -0.25) is 0 Å². The summed E-state index contributed by atoms with van der Waals surface area (Å²) in [6.45, 7) is 12.2. The summed E-state index contributed by atoms with van der Waals surface area (Å²) in [6.07, 6.45) is -2.66. The number of rotatable bonds is 0. The number of morpholine rings is 1. The molecule has 27 heavy (non-hydrogen) atoms. The molecule has 4 unspecified atom stereocenters. The van der Waals surface area contributed by atoms with Gasteiger partial charge in [-0.15, -0.1) is 0 Å². The number of nitrogens with zero attached hydrogens (tertiary/aromatic N) is 2. The molecule has 156 valence electrons. The van der Waals surface area contributed by atoms with Crippen LogP contribution in [0.4, 0.5) is 14.0 Å². The molecule has 2 amide bonds. The summed E-state index contributed by atoms with van der Waals surface area (Å²) in [7, 11) is 0. The van der Waals surface area contributed by atoms with Gasteiger partial charge in [-0.2, -0.15) is 0 Å². The molecular formula is C18H31FN2O6. The summed E-state index contributed by atoms with van der Waals surface area (Å²) in [5.74, 6) is 0. The molecule has 9 heteroatoms. The highest BCUT2D eigenvalue weighted by atomic mass is 19.1. The lowest BCUT2D eigenvalue weighted by atomic mass is 10.2. The highest BCUT2D eigenvalue weighted by molar-refractivity contribution is 5.69. The Morgan fingerprint density at radius 3 is 1.63 bits per heavy atom. The Bertz CT molecular complexity index is 539. The summed E-state index contributed by atoms with van der Waals surface area (Å²) in [4.78, 5) is 25.7. The van der Waals surface area contributed by atoms with E-state index in [0.29, 0.717) is 13.1 Å². The maximum atomic E-state index is 12.9. The third-order valence-corrected chi connectivity index (χ3v) is 4.01. The lowest BCUT2D eigenvalue weighted by molar-refractivity contribution is 0.0228. The molecule has 3 fully saturated rings. The molecule has 8 nitrogen and oxygen atoms in total. The zero-order valence-electron chi connectivity index (χ0n) is 16.9. The van der Waals surface area contributed by atoms with Crippen molar-refractivity contribution in [1.29, 1.82) is 0 Å². The van der Waals surface area contributed by atoms with Crippen molar-refractivity contribution < 1.29 is 33.3 Å². The van der Waals surface area contributed by atoms with Crippen molar-refractivity contribution in [3.63, 3.8) is 0 Å². The summed E-state index contributed by atoms with van der Waals surface area (Å²) < 4.78 is 28.3. The van der Waals surface area contributed by atoms with Gasteiger partial charge in [0.1, 0.15) is 35.7 Å². The molecule has 0 radical (unpaired) electrons. The molecule has 3 aliphatic heterocycles. The van der Waals surface area contributed by atoms with E-state index in [2.05, 4.69) is 0 Å². The number of amides is 2. The first kappa shape index (κ1) is 21.7. The fraction of sp³-hybridized carbons (Fsp3) is 0.889. The Hall–Kier alpha value is -1.61. The molecule has 3 heterocycles. The summed E-state index contributed by atoms with van der Waals surface area (Å²) >= 11 is 0. The van der Waals surface area contributed by atoms with Crippen LogP contribution in [0.2, 0.25) is 0 Å². The van der Waals surface area contributed by atoms with Gasteiger partial charge in [-0.1, -0.05) is 0 Å². The number of β-amino-alcohol motifs (C(OH)–C–C–N with tert-alkyl or cyclic N) is 1. The first-order valence-electron chi connectivity index (χ1n) is 9.18. The van der Waals surface area contributed by atoms with Gasteiger partial charge in [0.25, 0.3) is 0 Å². The minimum atomic E-state index is -1.36. The molecule has 0 aromatic heterocycles. The molecule has 4 atom stereocenters. The quantitative estimate of drug-likeness (QED) is 0.636. The number of epoxide rings is 1. The Kier molecular flexibility index (Phi) is 6.26. The SMILES string of the molecule is CC(C)(C)OC(=O)N1CC(O)C(F)C1.CC(C)(C)OC(=O)N1CC2OC2C1. The van der Waals surface area contributed by atoms with E-state index in [0.717, 1.165) is 0 Å². The third kappa shape index (κ3) is 6.80. The van der Waals surface area contributed by atoms with E-state index in [1.807, 2.05) is 20.8 Å². The molecule has 3 aliphatic rings.